The van der Waals surface area contributed by atoms with Crippen molar-refractivity contribution in [1.82, 2.24) is 0 Å². The highest BCUT2D eigenvalue weighted by Gasteiger charge is 2.34. The zero-order chi connectivity index (χ0) is 7.84. The molecule has 3 nitrogen and oxygen atoms in total. The Labute approximate surface area is 64.1 Å². The number of hydrogen-bond acceptors (Lipinski definition) is 3. The number of nitrogens with zero attached hydrogens (tertiary/aromatic N) is 1. The van der Waals surface area contributed by atoms with Crippen LogP contribution in [0.3, 0.4) is 0 Å². The van der Waals surface area contributed by atoms with Crippen molar-refractivity contribution >= 4 is 11.7 Å². The summed E-state index contributed by atoms with van der Waals surface area (Å²) in [6, 6.07) is 0. The van der Waals surface area contributed by atoms with Gasteiger partial charge in [0.2, 0.25) is 0 Å². The van der Waals surface area contributed by atoms with Crippen LogP contribution >= 0.6 is 0 Å². The normalized spacial score (nSPS) is 19.1. The first-order valence-electron chi connectivity index (χ1n) is 3.46. The SMILES string of the molecule is C=COC(=O)C1=NC2=C1CC2. The molecule has 0 aromatic carbocycles. The van der Waals surface area contributed by atoms with Gasteiger partial charge in [-0.2, -0.15) is 0 Å². The van der Waals surface area contributed by atoms with E-state index >= 15 is 0 Å². The van der Waals surface area contributed by atoms with Crippen LogP contribution in [0, 0.1) is 0 Å². The maximum Gasteiger partial charge on any atom is 0.362 e. The Kier molecular flexibility index (Phi) is 1.18. The molecule has 0 unspecified atom stereocenters. The van der Waals surface area contributed by atoms with E-state index in [0.717, 1.165) is 30.4 Å². The van der Waals surface area contributed by atoms with Crippen LogP contribution in [0.1, 0.15) is 12.8 Å². The Hall–Kier alpha value is -1.38. The van der Waals surface area contributed by atoms with Crippen molar-refractivity contribution in [3.05, 3.63) is 24.1 Å². The van der Waals surface area contributed by atoms with Crippen molar-refractivity contribution in [2.24, 2.45) is 4.99 Å². The first-order chi connectivity index (χ1) is 5.33. The summed E-state index contributed by atoms with van der Waals surface area (Å²) < 4.78 is 4.56. The van der Waals surface area contributed by atoms with Crippen molar-refractivity contribution in [1.29, 1.82) is 0 Å². The van der Waals surface area contributed by atoms with Gasteiger partial charge in [0.15, 0.2) is 5.71 Å². The van der Waals surface area contributed by atoms with Crippen LogP contribution in [0.15, 0.2) is 29.1 Å². The van der Waals surface area contributed by atoms with E-state index in [1.807, 2.05) is 0 Å². The lowest BCUT2D eigenvalue weighted by Crippen LogP contribution is -2.30. The fraction of sp³-hybridized carbons (Fsp3) is 0.250. The van der Waals surface area contributed by atoms with E-state index in [0.29, 0.717) is 5.71 Å². The van der Waals surface area contributed by atoms with Crippen molar-refractivity contribution in [2.75, 3.05) is 0 Å². The highest BCUT2D eigenvalue weighted by molar-refractivity contribution is 6.46. The van der Waals surface area contributed by atoms with E-state index in [1.165, 1.54) is 0 Å². The Morgan fingerprint density at radius 3 is 2.82 bits per heavy atom. The minimum Gasteiger partial charge on any atom is -0.430 e. The third-order valence-electron chi connectivity index (χ3n) is 1.88. The number of esters is 1. The van der Waals surface area contributed by atoms with E-state index in [4.69, 9.17) is 0 Å². The van der Waals surface area contributed by atoms with E-state index < -0.39 is 0 Å². The van der Waals surface area contributed by atoms with Crippen LogP contribution in [0.25, 0.3) is 0 Å². The standard InChI is InChI=1S/C8H7NO2/c1-2-11-8(10)7-5-3-4-6(5)9-7/h2H,1,3-4H2. The van der Waals surface area contributed by atoms with Gasteiger partial charge in [-0.25, -0.2) is 9.79 Å². The molecule has 56 valence electrons. The van der Waals surface area contributed by atoms with Gasteiger partial charge < -0.3 is 4.74 Å². The van der Waals surface area contributed by atoms with Crippen molar-refractivity contribution in [3.8, 4) is 0 Å². The minimum atomic E-state index is -0.376. The molecule has 1 aliphatic carbocycles. The van der Waals surface area contributed by atoms with Gasteiger partial charge in [-0.1, -0.05) is 6.58 Å². The summed E-state index contributed by atoms with van der Waals surface area (Å²) in [6.07, 6.45) is 3.11. The zero-order valence-corrected chi connectivity index (χ0v) is 5.96. The van der Waals surface area contributed by atoms with Crippen molar-refractivity contribution in [3.63, 3.8) is 0 Å². The molecule has 0 aromatic heterocycles. The second kappa shape index (κ2) is 2.05. The van der Waals surface area contributed by atoms with Crippen LogP contribution < -0.4 is 0 Å². The third-order valence-corrected chi connectivity index (χ3v) is 1.88. The van der Waals surface area contributed by atoms with Crippen LogP contribution in [-0.2, 0) is 9.53 Å². The zero-order valence-electron chi connectivity index (χ0n) is 5.96. The fourth-order valence-corrected chi connectivity index (χ4v) is 1.19. The maximum atomic E-state index is 11.0. The molecule has 0 saturated heterocycles. The molecule has 0 aromatic rings. The molecule has 1 heterocycles. The van der Waals surface area contributed by atoms with Gasteiger partial charge in [-0.3, -0.25) is 0 Å². The lowest BCUT2D eigenvalue weighted by atomic mass is 9.85. The van der Waals surface area contributed by atoms with E-state index in [1.54, 1.807) is 0 Å². The molecule has 2 rings (SSSR count). The Bertz CT molecular complexity index is 299. The summed E-state index contributed by atoms with van der Waals surface area (Å²) in [7, 11) is 0. The van der Waals surface area contributed by atoms with Gasteiger partial charge in [-0.05, 0) is 12.8 Å². The predicted octanol–water partition coefficient (Wildman–Crippen LogP) is 1.18. The lowest BCUT2D eigenvalue weighted by molar-refractivity contribution is -0.130. The minimum absolute atomic E-state index is 0.376. The molecule has 0 N–H and O–H groups in total. The van der Waals surface area contributed by atoms with Gasteiger partial charge >= 0.3 is 5.97 Å². The van der Waals surface area contributed by atoms with Crippen molar-refractivity contribution < 1.29 is 9.53 Å². The molecule has 0 spiro atoms. The number of allylic oxidation sites excluding steroid dienone is 1. The number of ether oxygens (including phenoxy) is 1. The average Bonchev–Trinajstić information content (AvgIpc) is 1.95. The summed E-state index contributed by atoms with van der Waals surface area (Å²) in [5, 5.41) is 0. The molecule has 0 fully saturated rings. The molecular weight excluding hydrogens is 142 g/mol. The second-order valence-electron chi connectivity index (χ2n) is 2.46. The monoisotopic (exact) mass is 149 g/mol. The quantitative estimate of drug-likeness (QED) is 0.436. The van der Waals surface area contributed by atoms with Crippen LogP contribution in [0.2, 0.25) is 0 Å². The smallest absolute Gasteiger partial charge is 0.362 e. The molecule has 3 heteroatoms. The Morgan fingerprint density at radius 2 is 2.45 bits per heavy atom. The molecule has 2 aliphatic rings. The number of carbonyl (C=O) groups excluding carboxylic acids is 1. The fourth-order valence-electron chi connectivity index (χ4n) is 1.19. The maximum absolute atomic E-state index is 11.0. The van der Waals surface area contributed by atoms with E-state index in [9.17, 15) is 4.79 Å². The molecule has 0 atom stereocenters. The lowest BCUT2D eigenvalue weighted by Gasteiger charge is -2.28. The van der Waals surface area contributed by atoms with Crippen LogP contribution in [-0.4, -0.2) is 11.7 Å². The first kappa shape index (κ1) is 6.34. The second-order valence-corrected chi connectivity index (χ2v) is 2.46. The average molecular weight is 149 g/mol. The summed E-state index contributed by atoms with van der Waals surface area (Å²) >= 11 is 0. The highest BCUT2D eigenvalue weighted by atomic mass is 16.5. The summed E-state index contributed by atoms with van der Waals surface area (Å²) in [4.78, 5) is 14.9. The Morgan fingerprint density at radius 1 is 1.64 bits per heavy atom. The molecule has 0 amide bonds. The largest absolute Gasteiger partial charge is 0.430 e. The Balaban J connectivity index is 2.04. The summed E-state index contributed by atoms with van der Waals surface area (Å²) in [6.45, 7) is 3.29. The molecule has 0 bridgehead atoms. The molecule has 1 aliphatic heterocycles. The summed E-state index contributed by atoms with van der Waals surface area (Å²) in [5.41, 5.74) is 2.64. The highest BCUT2D eigenvalue weighted by Crippen LogP contribution is 2.37. The molecule has 0 radical (unpaired) electrons. The van der Waals surface area contributed by atoms with Crippen LogP contribution in [0.5, 0.6) is 0 Å². The van der Waals surface area contributed by atoms with Gasteiger partial charge in [0.25, 0.3) is 0 Å². The van der Waals surface area contributed by atoms with Crippen molar-refractivity contribution in [2.45, 2.75) is 12.8 Å². The number of carbonyl (C=O) groups is 1. The van der Waals surface area contributed by atoms with Gasteiger partial charge in [0.1, 0.15) is 0 Å². The molecule has 11 heavy (non-hydrogen) atoms. The predicted molar refractivity (Wildman–Crippen MR) is 40.0 cm³/mol. The third kappa shape index (κ3) is 0.738. The van der Waals surface area contributed by atoms with Gasteiger partial charge in [0, 0.05) is 11.3 Å². The summed E-state index contributed by atoms with van der Waals surface area (Å²) in [5.74, 6) is -0.376. The van der Waals surface area contributed by atoms with Gasteiger partial charge in [0.05, 0.1) is 6.26 Å². The van der Waals surface area contributed by atoms with E-state index in [-0.39, 0.29) is 5.97 Å². The van der Waals surface area contributed by atoms with E-state index in [2.05, 4.69) is 16.3 Å². The molecule has 0 saturated carbocycles. The van der Waals surface area contributed by atoms with Crippen LogP contribution in [0.4, 0.5) is 0 Å². The topological polar surface area (TPSA) is 38.7 Å². The molecular formula is C8H7NO2. The number of hydrogen-bond donors (Lipinski definition) is 0. The van der Waals surface area contributed by atoms with Gasteiger partial charge in [-0.15, -0.1) is 0 Å². The first-order valence-corrected chi connectivity index (χ1v) is 3.46. The number of rotatable bonds is 2. The number of aliphatic imine (C=N–C) groups is 1.